The zero-order valence-corrected chi connectivity index (χ0v) is 9.80. The second-order valence-electron chi connectivity index (χ2n) is 2.29. The number of nitrogens with two attached hydrogens (primary N) is 1. The summed E-state index contributed by atoms with van der Waals surface area (Å²) in [5.41, 5.74) is 0.873. The lowest BCUT2D eigenvalue weighted by Gasteiger charge is -1.98. The summed E-state index contributed by atoms with van der Waals surface area (Å²) >= 11 is 3.54. The molecule has 14 heavy (non-hydrogen) atoms. The van der Waals surface area contributed by atoms with Crippen molar-refractivity contribution in [3.05, 3.63) is 16.5 Å². The number of aromatic carboxylic acids is 1. The standard InChI is InChI=1S/C7H9NO3S3/c1-12-7-4(3-11-14-8)2-5(13-7)6(9)10/h2H,3,8H2,1H3,(H,9,10). The van der Waals surface area contributed by atoms with Crippen molar-refractivity contribution < 1.29 is 14.1 Å². The Labute approximate surface area is 94.2 Å². The van der Waals surface area contributed by atoms with Gasteiger partial charge in [0, 0.05) is 5.56 Å². The zero-order valence-electron chi connectivity index (χ0n) is 7.35. The van der Waals surface area contributed by atoms with Gasteiger partial charge in [-0.1, -0.05) is 0 Å². The second-order valence-corrected chi connectivity index (χ2v) is 4.85. The van der Waals surface area contributed by atoms with Gasteiger partial charge in [-0.05, 0) is 12.3 Å². The molecule has 0 spiro atoms. The summed E-state index contributed by atoms with van der Waals surface area (Å²) in [5, 5.41) is 13.9. The second kappa shape index (κ2) is 5.62. The van der Waals surface area contributed by atoms with Crippen molar-refractivity contribution in [3.63, 3.8) is 0 Å². The van der Waals surface area contributed by atoms with E-state index in [0.717, 1.165) is 22.0 Å². The monoisotopic (exact) mass is 251 g/mol. The van der Waals surface area contributed by atoms with Crippen LogP contribution in [0.3, 0.4) is 0 Å². The first-order chi connectivity index (χ1) is 6.69. The molecule has 0 amide bonds. The van der Waals surface area contributed by atoms with Crippen molar-refractivity contribution in [3.8, 4) is 0 Å². The molecule has 1 aromatic heterocycles. The summed E-state index contributed by atoms with van der Waals surface area (Å²) in [5.74, 6) is -0.906. The van der Waals surface area contributed by atoms with Crippen molar-refractivity contribution in [1.29, 1.82) is 0 Å². The Morgan fingerprint density at radius 3 is 3.00 bits per heavy atom. The van der Waals surface area contributed by atoms with Crippen LogP contribution in [0, 0.1) is 0 Å². The third-order valence-electron chi connectivity index (χ3n) is 1.45. The van der Waals surface area contributed by atoms with Crippen LogP contribution in [0.1, 0.15) is 15.2 Å². The van der Waals surface area contributed by atoms with E-state index in [1.165, 1.54) is 23.1 Å². The normalized spacial score (nSPS) is 10.4. The molecule has 3 N–H and O–H groups in total. The highest BCUT2D eigenvalue weighted by molar-refractivity contribution is 8.00. The molecule has 1 rings (SSSR count). The van der Waals surface area contributed by atoms with Gasteiger partial charge < -0.3 is 5.11 Å². The zero-order chi connectivity index (χ0) is 10.6. The van der Waals surface area contributed by atoms with Gasteiger partial charge in [-0.2, -0.15) is 0 Å². The minimum atomic E-state index is -0.906. The van der Waals surface area contributed by atoms with Crippen LogP contribution < -0.4 is 5.14 Å². The van der Waals surface area contributed by atoms with Crippen LogP contribution in [0.15, 0.2) is 10.3 Å². The van der Waals surface area contributed by atoms with E-state index in [2.05, 4.69) is 0 Å². The molecular weight excluding hydrogens is 242 g/mol. The molecule has 0 aliphatic heterocycles. The van der Waals surface area contributed by atoms with E-state index in [9.17, 15) is 4.79 Å². The van der Waals surface area contributed by atoms with Gasteiger partial charge >= 0.3 is 5.97 Å². The quantitative estimate of drug-likeness (QED) is 0.475. The summed E-state index contributed by atoms with van der Waals surface area (Å²) in [4.78, 5) is 11.0. The first-order valence-corrected chi connectivity index (χ1v) is 6.42. The minimum absolute atomic E-state index is 0.329. The third-order valence-corrected chi connectivity index (χ3v) is 4.05. The fourth-order valence-electron chi connectivity index (χ4n) is 0.888. The lowest BCUT2D eigenvalue weighted by molar-refractivity contribution is 0.0702. The number of hydrogen-bond donors (Lipinski definition) is 2. The molecule has 0 aliphatic rings. The Balaban J connectivity index is 2.85. The average molecular weight is 251 g/mol. The third kappa shape index (κ3) is 2.89. The van der Waals surface area contributed by atoms with Crippen molar-refractivity contribution >= 4 is 41.3 Å². The van der Waals surface area contributed by atoms with Gasteiger partial charge in [-0.15, -0.1) is 23.1 Å². The lowest BCUT2D eigenvalue weighted by Crippen LogP contribution is -1.91. The fourth-order valence-corrected chi connectivity index (χ4v) is 2.80. The average Bonchev–Trinajstić information content (AvgIpc) is 2.57. The Kier molecular flexibility index (Phi) is 4.76. The van der Waals surface area contributed by atoms with E-state index in [0.29, 0.717) is 11.5 Å². The maximum atomic E-state index is 10.7. The molecule has 0 atom stereocenters. The Morgan fingerprint density at radius 1 is 1.79 bits per heavy atom. The van der Waals surface area contributed by atoms with E-state index in [1.807, 2.05) is 6.26 Å². The fraction of sp³-hybridized carbons (Fsp3) is 0.286. The summed E-state index contributed by atoms with van der Waals surface area (Å²) in [6, 6.07) is 1.62. The van der Waals surface area contributed by atoms with Crippen molar-refractivity contribution in [2.45, 2.75) is 10.8 Å². The topological polar surface area (TPSA) is 72.5 Å². The van der Waals surface area contributed by atoms with Crippen LogP contribution in [0.5, 0.6) is 0 Å². The molecule has 7 heteroatoms. The maximum absolute atomic E-state index is 10.7. The smallest absolute Gasteiger partial charge is 0.345 e. The highest BCUT2D eigenvalue weighted by atomic mass is 32.2. The van der Waals surface area contributed by atoms with Crippen LogP contribution in [-0.2, 0) is 10.8 Å². The number of thiophene rings is 1. The van der Waals surface area contributed by atoms with Crippen LogP contribution in [-0.4, -0.2) is 17.3 Å². The summed E-state index contributed by atoms with van der Waals surface area (Å²) in [6.45, 7) is 0.334. The van der Waals surface area contributed by atoms with E-state index in [4.69, 9.17) is 14.4 Å². The molecule has 0 fully saturated rings. The largest absolute Gasteiger partial charge is 0.477 e. The first kappa shape index (κ1) is 11.9. The molecule has 0 bridgehead atoms. The van der Waals surface area contributed by atoms with Gasteiger partial charge in [0.1, 0.15) is 4.88 Å². The number of rotatable bonds is 5. The number of hydrogen-bond acceptors (Lipinski definition) is 6. The highest BCUT2D eigenvalue weighted by Gasteiger charge is 2.13. The lowest BCUT2D eigenvalue weighted by atomic mass is 10.3. The molecule has 0 radical (unpaired) electrons. The van der Waals surface area contributed by atoms with E-state index in [-0.39, 0.29) is 0 Å². The molecular formula is C7H9NO3S3. The molecule has 1 aromatic rings. The Hall–Kier alpha value is -0.210. The predicted octanol–water partition coefficient (Wildman–Crippen LogP) is 2.21. The van der Waals surface area contributed by atoms with Crippen LogP contribution in [0.25, 0.3) is 0 Å². The van der Waals surface area contributed by atoms with Crippen molar-refractivity contribution in [2.75, 3.05) is 6.26 Å². The minimum Gasteiger partial charge on any atom is -0.477 e. The number of thioether (sulfide) groups is 1. The maximum Gasteiger partial charge on any atom is 0.345 e. The highest BCUT2D eigenvalue weighted by Crippen LogP contribution is 2.31. The molecule has 0 saturated carbocycles. The number of carbonyl (C=O) groups is 1. The van der Waals surface area contributed by atoms with Crippen LogP contribution in [0.4, 0.5) is 0 Å². The first-order valence-electron chi connectivity index (χ1n) is 3.57. The predicted molar refractivity (Wildman–Crippen MR) is 59.6 cm³/mol. The van der Waals surface area contributed by atoms with Crippen LogP contribution in [0.2, 0.25) is 0 Å². The van der Waals surface area contributed by atoms with Crippen LogP contribution >= 0.6 is 35.3 Å². The van der Waals surface area contributed by atoms with Gasteiger partial charge in [0.2, 0.25) is 0 Å². The molecule has 4 nitrogen and oxygen atoms in total. The van der Waals surface area contributed by atoms with Crippen molar-refractivity contribution in [2.24, 2.45) is 5.14 Å². The van der Waals surface area contributed by atoms with E-state index < -0.39 is 5.97 Å². The van der Waals surface area contributed by atoms with E-state index >= 15 is 0 Å². The molecule has 0 aromatic carbocycles. The van der Waals surface area contributed by atoms with Gasteiger partial charge in [0.25, 0.3) is 0 Å². The van der Waals surface area contributed by atoms with Gasteiger partial charge in [0.05, 0.1) is 23.0 Å². The molecule has 0 aliphatic carbocycles. The molecule has 0 unspecified atom stereocenters. The summed E-state index contributed by atoms with van der Waals surface area (Å²) in [7, 11) is 0. The Bertz CT molecular complexity index is 326. The van der Waals surface area contributed by atoms with Crippen molar-refractivity contribution in [1.82, 2.24) is 0 Å². The van der Waals surface area contributed by atoms with E-state index in [1.54, 1.807) is 6.07 Å². The molecule has 1 heterocycles. The van der Waals surface area contributed by atoms with Gasteiger partial charge in [0.15, 0.2) is 0 Å². The summed E-state index contributed by atoms with van der Waals surface area (Å²) < 4.78 is 5.91. The molecule has 0 saturated heterocycles. The summed E-state index contributed by atoms with van der Waals surface area (Å²) in [6.07, 6.45) is 1.90. The Morgan fingerprint density at radius 2 is 2.50 bits per heavy atom. The number of carboxylic acid groups (broad SMARTS) is 1. The number of carboxylic acids is 1. The van der Waals surface area contributed by atoms with Gasteiger partial charge in [-0.3, -0.25) is 9.32 Å². The SMILES string of the molecule is CSc1sc(C(=O)O)cc1COSN. The van der Waals surface area contributed by atoms with Gasteiger partial charge in [-0.25, -0.2) is 4.79 Å². The molecule has 78 valence electrons.